The van der Waals surface area contributed by atoms with E-state index in [0.717, 1.165) is 22.6 Å². The van der Waals surface area contributed by atoms with Crippen molar-refractivity contribution in [3.63, 3.8) is 0 Å². The van der Waals surface area contributed by atoms with Gasteiger partial charge in [-0.25, -0.2) is 9.97 Å². The van der Waals surface area contributed by atoms with Crippen LogP contribution in [0.3, 0.4) is 0 Å². The van der Waals surface area contributed by atoms with E-state index in [9.17, 15) is 4.79 Å². The lowest BCUT2D eigenvalue weighted by Crippen LogP contribution is -2.11. The third-order valence-electron chi connectivity index (χ3n) is 4.37. The van der Waals surface area contributed by atoms with E-state index in [4.69, 9.17) is 17.3 Å². The van der Waals surface area contributed by atoms with E-state index in [0.29, 0.717) is 11.6 Å². The molecule has 4 N–H and O–H groups in total. The second-order valence-electron chi connectivity index (χ2n) is 6.52. The van der Waals surface area contributed by atoms with Crippen molar-refractivity contribution >= 4 is 40.5 Å². The summed E-state index contributed by atoms with van der Waals surface area (Å²) >= 11 is 6.11. The molecule has 3 aromatic carbocycles. The molecule has 6 nitrogen and oxygen atoms in total. The second kappa shape index (κ2) is 8.63. The standard InChI is InChI=1S/C23H18ClN5O/c24-20-14-18(9-10-19(20)22(25)30)28-23-26-12-11-21(29-23)15-5-4-8-17(13-15)27-16-6-2-1-3-7-16/h1-14,27H,(H2,25,30)(H,26,28,29). The molecule has 0 fully saturated rings. The molecule has 0 spiro atoms. The van der Waals surface area contributed by atoms with E-state index in [1.165, 1.54) is 0 Å². The summed E-state index contributed by atoms with van der Waals surface area (Å²) in [6.07, 6.45) is 1.68. The fraction of sp³-hybridized carbons (Fsp3) is 0. The molecule has 0 aliphatic rings. The summed E-state index contributed by atoms with van der Waals surface area (Å²) in [5.74, 6) is -0.161. The third-order valence-corrected chi connectivity index (χ3v) is 4.68. The average molecular weight is 416 g/mol. The van der Waals surface area contributed by atoms with Gasteiger partial charge < -0.3 is 16.4 Å². The van der Waals surface area contributed by atoms with E-state index in [2.05, 4.69) is 20.6 Å². The number of nitrogens with one attached hydrogen (secondary N) is 2. The van der Waals surface area contributed by atoms with Crippen LogP contribution in [0.5, 0.6) is 0 Å². The summed E-state index contributed by atoms with van der Waals surface area (Å²) in [5, 5.41) is 6.75. The van der Waals surface area contributed by atoms with Crippen LogP contribution in [-0.4, -0.2) is 15.9 Å². The smallest absolute Gasteiger partial charge is 0.250 e. The molecular formula is C23H18ClN5O. The van der Waals surface area contributed by atoms with Crippen molar-refractivity contribution in [3.8, 4) is 11.3 Å². The second-order valence-corrected chi connectivity index (χ2v) is 6.93. The van der Waals surface area contributed by atoms with Gasteiger partial charge in [0.15, 0.2) is 0 Å². The first-order chi connectivity index (χ1) is 14.6. The van der Waals surface area contributed by atoms with Crippen LogP contribution in [0.15, 0.2) is 85.1 Å². The zero-order valence-corrected chi connectivity index (χ0v) is 16.6. The van der Waals surface area contributed by atoms with Crippen molar-refractivity contribution in [1.82, 2.24) is 9.97 Å². The SMILES string of the molecule is NC(=O)c1ccc(Nc2nccc(-c3cccc(Nc4ccccc4)c3)n2)cc1Cl. The van der Waals surface area contributed by atoms with Gasteiger partial charge in [-0.2, -0.15) is 0 Å². The number of rotatable bonds is 6. The quantitative estimate of drug-likeness (QED) is 0.393. The van der Waals surface area contributed by atoms with Gasteiger partial charge in [0.25, 0.3) is 0 Å². The van der Waals surface area contributed by atoms with Gasteiger partial charge in [0.1, 0.15) is 0 Å². The lowest BCUT2D eigenvalue weighted by atomic mass is 10.1. The van der Waals surface area contributed by atoms with E-state index in [1.54, 1.807) is 24.4 Å². The molecular weight excluding hydrogens is 398 g/mol. The number of primary amides is 1. The van der Waals surface area contributed by atoms with Gasteiger partial charge in [-0.05, 0) is 48.5 Å². The highest BCUT2D eigenvalue weighted by Gasteiger charge is 2.09. The Hall–Kier alpha value is -3.90. The normalized spacial score (nSPS) is 10.4. The Labute approximate surface area is 178 Å². The van der Waals surface area contributed by atoms with Gasteiger partial charge in [0.05, 0.1) is 16.3 Å². The Kier molecular flexibility index (Phi) is 5.59. The van der Waals surface area contributed by atoms with Crippen LogP contribution in [0.4, 0.5) is 23.0 Å². The van der Waals surface area contributed by atoms with Crippen LogP contribution in [0, 0.1) is 0 Å². The largest absolute Gasteiger partial charge is 0.366 e. The summed E-state index contributed by atoms with van der Waals surface area (Å²) in [6, 6.07) is 24.7. The molecule has 30 heavy (non-hydrogen) atoms. The van der Waals surface area contributed by atoms with Crippen LogP contribution in [-0.2, 0) is 0 Å². The number of nitrogens with zero attached hydrogens (tertiary/aromatic N) is 2. The third kappa shape index (κ3) is 4.56. The van der Waals surface area contributed by atoms with Crippen LogP contribution >= 0.6 is 11.6 Å². The number of anilines is 4. The lowest BCUT2D eigenvalue weighted by Gasteiger charge is -2.10. The molecule has 7 heteroatoms. The van der Waals surface area contributed by atoms with Crippen molar-refractivity contribution in [2.75, 3.05) is 10.6 Å². The molecule has 0 aliphatic heterocycles. The molecule has 1 amide bonds. The summed E-state index contributed by atoms with van der Waals surface area (Å²) in [7, 11) is 0. The number of nitrogens with two attached hydrogens (primary N) is 1. The number of hydrogen-bond donors (Lipinski definition) is 3. The highest BCUT2D eigenvalue weighted by atomic mass is 35.5. The topological polar surface area (TPSA) is 92.9 Å². The molecule has 4 rings (SSSR count). The molecule has 1 heterocycles. The highest BCUT2D eigenvalue weighted by Crippen LogP contribution is 2.26. The number of halogens is 1. The number of carbonyl (C=O) groups excluding carboxylic acids is 1. The summed E-state index contributed by atoms with van der Waals surface area (Å²) in [5.41, 5.74) is 9.89. The summed E-state index contributed by atoms with van der Waals surface area (Å²) < 4.78 is 0. The van der Waals surface area contributed by atoms with E-state index in [1.807, 2.05) is 60.7 Å². The Morgan fingerprint density at radius 1 is 0.833 bits per heavy atom. The fourth-order valence-electron chi connectivity index (χ4n) is 2.95. The van der Waals surface area contributed by atoms with Gasteiger partial charge >= 0.3 is 0 Å². The van der Waals surface area contributed by atoms with E-state index >= 15 is 0 Å². The zero-order valence-electron chi connectivity index (χ0n) is 15.8. The molecule has 0 saturated carbocycles. The van der Waals surface area contributed by atoms with E-state index in [-0.39, 0.29) is 10.6 Å². The monoisotopic (exact) mass is 415 g/mol. The van der Waals surface area contributed by atoms with Gasteiger partial charge in [-0.3, -0.25) is 4.79 Å². The van der Waals surface area contributed by atoms with Gasteiger partial charge in [0, 0.05) is 28.8 Å². The Morgan fingerprint density at radius 3 is 2.37 bits per heavy atom. The molecule has 0 atom stereocenters. The van der Waals surface area contributed by atoms with Crippen molar-refractivity contribution in [1.29, 1.82) is 0 Å². The molecule has 1 aromatic heterocycles. The van der Waals surface area contributed by atoms with Crippen LogP contribution in [0.1, 0.15) is 10.4 Å². The minimum absolute atomic E-state index is 0.264. The maximum absolute atomic E-state index is 11.3. The predicted molar refractivity (Wildman–Crippen MR) is 120 cm³/mol. The Balaban J connectivity index is 1.56. The minimum Gasteiger partial charge on any atom is -0.366 e. The zero-order chi connectivity index (χ0) is 20.9. The van der Waals surface area contributed by atoms with E-state index < -0.39 is 5.91 Å². The van der Waals surface area contributed by atoms with Crippen molar-refractivity contribution in [3.05, 3.63) is 95.6 Å². The lowest BCUT2D eigenvalue weighted by molar-refractivity contribution is 0.100. The number of hydrogen-bond acceptors (Lipinski definition) is 5. The number of aromatic nitrogens is 2. The predicted octanol–water partition coefficient (Wildman–Crippen LogP) is 5.38. The first-order valence-corrected chi connectivity index (χ1v) is 9.58. The number of benzene rings is 3. The van der Waals surface area contributed by atoms with Crippen LogP contribution in [0.2, 0.25) is 5.02 Å². The minimum atomic E-state index is -0.575. The maximum Gasteiger partial charge on any atom is 0.250 e. The number of carbonyl (C=O) groups is 1. The molecule has 0 unspecified atom stereocenters. The average Bonchev–Trinajstić information content (AvgIpc) is 2.75. The maximum atomic E-state index is 11.3. The van der Waals surface area contributed by atoms with Crippen LogP contribution in [0.25, 0.3) is 11.3 Å². The van der Waals surface area contributed by atoms with Gasteiger partial charge in [0.2, 0.25) is 11.9 Å². The molecule has 0 aliphatic carbocycles. The molecule has 0 bridgehead atoms. The van der Waals surface area contributed by atoms with Crippen LogP contribution < -0.4 is 16.4 Å². The summed E-state index contributed by atoms with van der Waals surface area (Å²) in [4.78, 5) is 20.2. The number of para-hydroxylation sites is 1. The van der Waals surface area contributed by atoms with Crippen molar-refractivity contribution < 1.29 is 4.79 Å². The van der Waals surface area contributed by atoms with Gasteiger partial charge in [-0.1, -0.05) is 41.9 Å². The Morgan fingerprint density at radius 2 is 1.60 bits per heavy atom. The molecule has 0 saturated heterocycles. The molecule has 148 valence electrons. The number of amides is 1. The molecule has 4 aromatic rings. The summed E-state index contributed by atoms with van der Waals surface area (Å²) in [6.45, 7) is 0. The van der Waals surface area contributed by atoms with Crippen molar-refractivity contribution in [2.45, 2.75) is 0 Å². The fourth-order valence-corrected chi connectivity index (χ4v) is 3.22. The molecule has 0 radical (unpaired) electrons. The Bertz CT molecular complexity index is 1200. The highest BCUT2D eigenvalue weighted by molar-refractivity contribution is 6.34. The first-order valence-electron chi connectivity index (χ1n) is 9.20. The first kappa shape index (κ1) is 19.4. The van der Waals surface area contributed by atoms with Gasteiger partial charge in [-0.15, -0.1) is 0 Å². The van der Waals surface area contributed by atoms with Crippen molar-refractivity contribution in [2.24, 2.45) is 5.73 Å².